The molecule has 0 spiro atoms. The topological polar surface area (TPSA) is 35.5 Å². The molecule has 0 unspecified atom stereocenters. The maximum Gasteiger partial charge on any atom is 0.165 e. The second-order valence-electron chi connectivity index (χ2n) is 4.39. The zero-order valence-electron chi connectivity index (χ0n) is 10.9. The Labute approximate surface area is 126 Å². The molecule has 3 nitrogen and oxygen atoms in total. The fourth-order valence-electron chi connectivity index (χ4n) is 2.47. The summed E-state index contributed by atoms with van der Waals surface area (Å²) in [7, 11) is 0. The van der Waals surface area contributed by atoms with E-state index in [9.17, 15) is 9.50 Å². The molecule has 1 aromatic carbocycles. The largest absolute Gasteiger partial charge is 0.505 e. The standard InChI is InChI=1S/C13H19FN2O.2ClH/c1-2-12(16-8-6-15-7-9-16)10-4-3-5-11(14)13(10)17;;/h3-5,12,15,17H,2,6-9H2,1H3;2*1H/t12-;;/m1../s1. The van der Waals surface area contributed by atoms with E-state index < -0.39 is 5.82 Å². The minimum atomic E-state index is -0.531. The molecule has 1 atom stereocenters. The zero-order valence-corrected chi connectivity index (χ0v) is 12.6. The van der Waals surface area contributed by atoms with E-state index >= 15 is 0 Å². The molecule has 2 N–H and O–H groups in total. The van der Waals surface area contributed by atoms with Crippen LogP contribution in [0.15, 0.2) is 18.2 Å². The number of piperazine rings is 1. The number of nitrogens with zero attached hydrogens (tertiary/aromatic N) is 1. The monoisotopic (exact) mass is 310 g/mol. The van der Waals surface area contributed by atoms with E-state index in [-0.39, 0.29) is 36.6 Å². The van der Waals surface area contributed by atoms with Gasteiger partial charge in [0.05, 0.1) is 0 Å². The Morgan fingerprint density at radius 2 is 1.95 bits per heavy atom. The first-order valence-electron chi connectivity index (χ1n) is 6.16. The highest BCUT2D eigenvalue weighted by Gasteiger charge is 2.23. The summed E-state index contributed by atoms with van der Waals surface area (Å²) in [5.41, 5.74) is 0.703. The summed E-state index contributed by atoms with van der Waals surface area (Å²) < 4.78 is 13.4. The van der Waals surface area contributed by atoms with E-state index in [4.69, 9.17) is 0 Å². The fraction of sp³-hybridized carbons (Fsp3) is 0.538. The summed E-state index contributed by atoms with van der Waals surface area (Å²) in [6, 6.07) is 4.88. The van der Waals surface area contributed by atoms with Gasteiger partial charge in [-0.2, -0.15) is 0 Å². The van der Waals surface area contributed by atoms with Gasteiger partial charge in [0, 0.05) is 37.8 Å². The van der Waals surface area contributed by atoms with Gasteiger partial charge in [0.1, 0.15) is 0 Å². The highest BCUT2D eigenvalue weighted by molar-refractivity contribution is 5.85. The van der Waals surface area contributed by atoms with Gasteiger partial charge in [0.2, 0.25) is 0 Å². The van der Waals surface area contributed by atoms with Crippen molar-refractivity contribution in [2.45, 2.75) is 19.4 Å². The van der Waals surface area contributed by atoms with Gasteiger partial charge in [-0.3, -0.25) is 4.90 Å². The zero-order chi connectivity index (χ0) is 12.3. The molecule has 0 amide bonds. The SMILES string of the molecule is CC[C@H](c1cccc(F)c1O)N1CCNCC1.Cl.Cl. The van der Waals surface area contributed by atoms with Gasteiger partial charge in [0.25, 0.3) is 0 Å². The van der Waals surface area contributed by atoms with Crippen molar-refractivity contribution in [1.29, 1.82) is 0 Å². The molecule has 19 heavy (non-hydrogen) atoms. The minimum absolute atomic E-state index is 0. The van der Waals surface area contributed by atoms with Crippen molar-refractivity contribution in [3.05, 3.63) is 29.6 Å². The van der Waals surface area contributed by atoms with Crippen LogP contribution in [0.2, 0.25) is 0 Å². The summed E-state index contributed by atoms with van der Waals surface area (Å²) in [5, 5.41) is 13.1. The van der Waals surface area contributed by atoms with Crippen LogP contribution in [0.3, 0.4) is 0 Å². The quantitative estimate of drug-likeness (QED) is 0.901. The number of para-hydroxylation sites is 1. The first-order valence-corrected chi connectivity index (χ1v) is 6.16. The number of phenols is 1. The van der Waals surface area contributed by atoms with Gasteiger partial charge in [-0.15, -0.1) is 24.8 Å². The Morgan fingerprint density at radius 1 is 1.32 bits per heavy atom. The Morgan fingerprint density at radius 3 is 2.53 bits per heavy atom. The first-order chi connectivity index (χ1) is 8.24. The Bertz CT molecular complexity index is 387. The van der Waals surface area contributed by atoms with Crippen LogP contribution in [0.5, 0.6) is 5.75 Å². The summed E-state index contributed by atoms with van der Waals surface area (Å²) >= 11 is 0. The summed E-state index contributed by atoms with van der Waals surface area (Å²) in [6.45, 7) is 5.85. The maximum atomic E-state index is 13.4. The Hall–Kier alpha value is -0.550. The third-order valence-corrected chi connectivity index (χ3v) is 3.36. The van der Waals surface area contributed by atoms with Gasteiger partial charge in [0.15, 0.2) is 11.6 Å². The van der Waals surface area contributed by atoms with Gasteiger partial charge in [-0.05, 0) is 12.5 Å². The number of rotatable bonds is 3. The third-order valence-electron chi connectivity index (χ3n) is 3.36. The molecule has 110 valence electrons. The van der Waals surface area contributed by atoms with Crippen molar-refractivity contribution >= 4 is 24.8 Å². The van der Waals surface area contributed by atoms with Crippen LogP contribution in [0.25, 0.3) is 0 Å². The van der Waals surface area contributed by atoms with Crippen LogP contribution in [-0.2, 0) is 0 Å². The Kier molecular flexibility index (Phi) is 8.34. The van der Waals surface area contributed by atoms with E-state index in [1.807, 2.05) is 6.07 Å². The van der Waals surface area contributed by atoms with E-state index in [2.05, 4.69) is 17.1 Å². The molecule has 1 aliphatic rings. The lowest BCUT2D eigenvalue weighted by Crippen LogP contribution is -2.45. The predicted molar refractivity (Wildman–Crippen MR) is 80.0 cm³/mol. The molecule has 0 aromatic heterocycles. The van der Waals surface area contributed by atoms with Gasteiger partial charge in [-0.1, -0.05) is 19.1 Å². The number of hydrogen-bond donors (Lipinski definition) is 2. The van der Waals surface area contributed by atoms with Crippen LogP contribution < -0.4 is 5.32 Å². The van der Waals surface area contributed by atoms with E-state index in [1.54, 1.807) is 6.07 Å². The molecule has 1 aliphatic heterocycles. The van der Waals surface area contributed by atoms with Crippen molar-refractivity contribution in [3.8, 4) is 5.75 Å². The lowest BCUT2D eigenvalue weighted by atomic mass is 10.0. The van der Waals surface area contributed by atoms with E-state index in [0.29, 0.717) is 5.56 Å². The average Bonchev–Trinajstić information content (AvgIpc) is 2.37. The maximum absolute atomic E-state index is 13.4. The first kappa shape index (κ1) is 18.4. The molecule has 6 heteroatoms. The lowest BCUT2D eigenvalue weighted by molar-refractivity contribution is 0.166. The second kappa shape index (κ2) is 8.59. The highest BCUT2D eigenvalue weighted by atomic mass is 35.5. The Balaban J connectivity index is 0.00000162. The van der Waals surface area contributed by atoms with Crippen molar-refractivity contribution < 1.29 is 9.50 Å². The third kappa shape index (κ3) is 4.21. The molecule has 1 fully saturated rings. The molecule has 0 bridgehead atoms. The van der Waals surface area contributed by atoms with Crippen LogP contribution in [0, 0.1) is 5.82 Å². The average molecular weight is 311 g/mol. The van der Waals surface area contributed by atoms with E-state index in [1.165, 1.54) is 6.07 Å². The molecule has 1 heterocycles. The van der Waals surface area contributed by atoms with Gasteiger partial charge >= 0.3 is 0 Å². The van der Waals surface area contributed by atoms with Crippen molar-refractivity contribution in [2.75, 3.05) is 26.2 Å². The van der Waals surface area contributed by atoms with Gasteiger partial charge < -0.3 is 10.4 Å². The molecule has 1 aromatic rings. The smallest absolute Gasteiger partial charge is 0.165 e. The lowest BCUT2D eigenvalue weighted by Gasteiger charge is -2.35. The van der Waals surface area contributed by atoms with Gasteiger partial charge in [-0.25, -0.2) is 4.39 Å². The van der Waals surface area contributed by atoms with Crippen molar-refractivity contribution in [2.24, 2.45) is 0 Å². The van der Waals surface area contributed by atoms with Crippen molar-refractivity contribution in [3.63, 3.8) is 0 Å². The molecular formula is C13H21Cl2FN2O. The molecule has 2 rings (SSSR count). The summed E-state index contributed by atoms with van der Waals surface area (Å²) in [5.74, 6) is -0.728. The minimum Gasteiger partial charge on any atom is -0.505 e. The van der Waals surface area contributed by atoms with Crippen molar-refractivity contribution in [1.82, 2.24) is 10.2 Å². The molecular weight excluding hydrogens is 290 g/mol. The molecule has 0 aliphatic carbocycles. The van der Waals surface area contributed by atoms with E-state index in [0.717, 1.165) is 32.6 Å². The van der Waals surface area contributed by atoms with Crippen LogP contribution in [0.4, 0.5) is 4.39 Å². The molecule has 1 saturated heterocycles. The fourth-order valence-corrected chi connectivity index (χ4v) is 2.47. The summed E-state index contributed by atoms with van der Waals surface area (Å²) in [6.07, 6.45) is 0.872. The molecule has 0 radical (unpaired) electrons. The number of halogens is 3. The van der Waals surface area contributed by atoms with Crippen LogP contribution in [0.1, 0.15) is 24.9 Å². The number of nitrogens with one attached hydrogen (secondary N) is 1. The number of benzene rings is 1. The second-order valence-corrected chi connectivity index (χ2v) is 4.39. The summed E-state index contributed by atoms with van der Waals surface area (Å²) in [4.78, 5) is 2.30. The van der Waals surface area contributed by atoms with Crippen LogP contribution >= 0.6 is 24.8 Å². The normalized spacial score (nSPS) is 17.2. The van der Waals surface area contributed by atoms with Crippen LogP contribution in [-0.4, -0.2) is 36.2 Å². The highest BCUT2D eigenvalue weighted by Crippen LogP contribution is 2.32. The number of phenolic OH excluding ortho intramolecular Hbond substituents is 1. The predicted octanol–water partition coefficient (Wildman–Crippen LogP) is 2.73. The number of aromatic hydroxyl groups is 1. The number of hydrogen-bond acceptors (Lipinski definition) is 3. The molecule has 0 saturated carbocycles.